The molecule has 1 aromatic heterocycles. The van der Waals surface area contributed by atoms with E-state index in [1.54, 1.807) is 61.2 Å². The summed E-state index contributed by atoms with van der Waals surface area (Å²) in [6.45, 7) is 9.66. The number of rotatable bonds is 14. The van der Waals surface area contributed by atoms with Crippen LogP contribution in [0.4, 0.5) is 10.3 Å². The summed E-state index contributed by atoms with van der Waals surface area (Å²) in [5.41, 5.74) is 3.92. The van der Waals surface area contributed by atoms with Crippen molar-refractivity contribution in [2.75, 3.05) is 4.72 Å². The number of aromatic nitrogens is 1. The quantitative estimate of drug-likeness (QED) is 0.156. The molecule has 0 spiro atoms. The summed E-state index contributed by atoms with van der Waals surface area (Å²) in [7, 11) is -3.99. The molecule has 0 saturated heterocycles. The van der Waals surface area contributed by atoms with E-state index in [1.165, 1.54) is 18.2 Å². The van der Waals surface area contributed by atoms with Crippen molar-refractivity contribution in [3.8, 4) is 11.1 Å². The van der Waals surface area contributed by atoms with Crippen LogP contribution in [0.1, 0.15) is 62.4 Å². The first kappa shape index (κ1) is 34.4. The lowest BCUT2D eigenvalue weighted by molar-refractivity contribution is -0.143. The van der Waals surface area contributed by atoms with Crippen molar-refractivity contribution in [3.63, 3.8) is 0 Å². The highest BCUT2D eigenvalue weighted by Gasteiger charge is 2.32. The number of nitrogens with zero attached hydrogens (tertiary/aromatic N) is 2. The molecule has 0 fully saturated rings. The molecule has 0 radical (unpaired) electrons. The van der Waals surface area contributed by atoms with Crippen LogP contribution in [0.3, 0.4) is 0 Å². The number of halogens is 1. The average Bonchev–Trinajstić information content (AvgIpc) is 3.35. The number of carbonyl (C=O) groups excluding carboxylic acids is 2. The van der Waals surface area contributed by atoms with Crippen LogP contribution in [-0.4, -0.2) is 36.3 Å². The van der Waals surface area contributed by atoms with Gasteiger partial charge in [-0.2, -0.15) is 0 Å². The van der Waals surface area contributed by atoms with Gasteiger partial charge in [-0.3, -0.25) is 9.59 Å². The molecule has 4 aromatic rings. The van der Waals surface area contributed by atoms with E-state index in [1.807, 2.05) is 32.9 Å². The third kappa shape index (κ3) is 8.39. The van der Waals surface area contributed by atoms with E-state index >= 15 is 0 Å². The van der Waals surface area contributed by atoms with Gasteiger partial charge in [0.25, 0.3) is 10.0 Å². The Kier molecular flexibility index (Phi) is 11.3. The molecular formula is C35H41FN4O5S. The monoisotopic (exact) mass is 648 g/mol. The number of sulfonamides is 1. The van der Waals surface area contributed by atoms with Crippen LogP contribution in [0.25, 0.3) is 11.1 Å². The molecule has 2 amide bonds. The van der Waals surface area contributed by atoms with Crippen LogP contribution in [0.2, 0.25) is 0 Å². The number of amides is 2. The Hall–Kier alpha value is -4.51. The van der Waals surface area contributed by atoms with E-state index in [4.69, 9.17) is 4.52 Å². The Balaban J connectivity index is 1.50. The minimum absolute atomic E-state index is 0.0707. The van der Waals surface area contributed by atoms with E-state index in [9.17, 15) is 22.4 Å². The van der Waals surface area contributed by atoms with Crippen molar-refractivity contribution in [1.29, 1.82) is 0 Å². The molecule has 11 heteroatoms. The van der Waals surface area contributed by atoms with Crippen LogP contribution >= 0.6 is 0 Å². The molecular weight excluding hydrogens is 607 g/mol. The van der Waals surface area contributed by atoms with Crippen molar-refractivity contribution in [2.45, 2.75) is 77.9 Å². The van der Waals surface area contributed by atoms with Crippen molar-refractivity contribution in [3.05, 3.63) is 101 Å². The smallest absolute Gasteiger partial charge is 0.264 e. The Bertz CT molecular complexity index is 1750. The van der Waals surface area contributed by atoms with Crippen molar-refractivity contribution < 1.29 is 26.9 Å². The first-order valence-electron chi connectivity index (χ1n) is 15.4. The van der Waals surface area contributed by atoms with Gasteiger partial charge in [0.2, 0.25) is 17.7 Å². The Morgan fingerprint density at radius 2 is 1.61 bits per heavy atom. The van der Waals surface area contributed by atoms with Gasteiger partial charge in [-0.1, -0.05) is 86.9 Å². The molecule has 0 aliphatic carbocycles. The first-order valence-corrected chi connectivity index (χ1v) is 16.8. The van der Waals surface area contributed by atoms with Crippen molar-refractivity contribution >= 4 is 27.7 Å². The van der Waals surface area contributed by atoms with Crippen molar-refractivity contribution in [2.24, 2.45) is 5.92 Å². The van der Waals surface area contributed by atoms with Crippen LogP contribution < -0.4 is 10.0 Å². The Morgan fingerprint density at radius 1 is 0.957 bits per heavy atom. The lowest BCUT2D eigenvalue weighted by Gasteiger charge is -2.34. The molecule has 9 nitrogen and oxygen atoms in total. The fraction of sp³-hybridized carbons (Fsp3) is 0.343. The molecule has 3 aromatic carbocycles. The zero-order valence-corrected chi connectivity index (χ0v) is 27.7. The number of nitrogens with one attached hydrogen (secondary N) is 2. The van der Waals surface area contributed by atoms with E-state index in [-0.39, 0.29) is 47.4 Å². The Morgan fingerprint density at radius 3 is 2.22 bits per heavy atom. The van der Waals surface area contributed by atoms with E-state index in [2.05, 4.69) is 15.2 Å². The maximum Gasteiger partial charge on any atom is 0.264 e. The molecule has 1 atom stereocenters. The van der Waals surface area contributed by atoms with Gasteiger partial charge in [0.15, 0.2) is 0 Å². The zero-order chi connectivity index (χ0) is 33.4. The van der Waals surface area contributed by atoms with E-state index in [0.29, 0.717) is 35.2 Å². The second kappa shape index (κ2) is 15.2. The third-order valence-electron chi connectivity index (χ3n) is 7.86. The number of hydrogen-bond donors (Lipinski definition) is 2. The van der Waals surface area contributed by atoms with Gasteiger partial charge >= 0.3 is 0 Å². The summed E-state index contributed by atoms with van der Waals surface area (Å²) in [4.78, 5) is 28.6. The molecule has 1 heterocycles. The molecule has 244 valence electrons. The maximum atomic E-state index is 13.6. The maximum absolute atomic E-state index is 13.6. The summed E-state index contributed by atoms with van der Waals surface area (Å²) in [6, 6.07) is 19.1. The summed E-state index contributed by atoms with van der Waals surface area (Å²) in [5.74, 6) is -0.880. The van der Waals surface area contributed by atoms with Gasteiger partial charge < -0.3 is 14.7 Å². The molecule has 0 aliphatic rings. The number of aryl methyl sites for hydroxylation is 1. The van der Waals surface area contributed by atoms with Gasteiger partial charge in [-0.15, -0.1) is 0 Å². The predicted molar refractivity (Wildman–Crippen MR) is 176 cm³/mol. The second-order valence-electron chi connectivity index (χ2n) is 11.7. The third-order valence-corrected chi connectivity index (χ3v) is 9.25. The number of hydrogen-bond acceptors (Lipinski definition) is 6. The summed E-state index contributed by atoms with van der Waals surface area (Å²) in [5, 5.41) is 6.80. The number of benzene rings is 3. The van der Waals surface area contributed by atoms with E-state index < -0.39 is 16.1 Å². The highest BCUT2D eigenvalue weighted by atomic mass is 32.2. The van der Waals surface area contributed by atoms with Crippen LogP contribution in [0, 0.1) is 25.6 Å². The highest BCUT2D eigenvalue weighted by Crippen LogP contribution is 2.30. The normalized spacial score (nSPS) is 12.2. The topological polar surface area (TPSA) is 122 Å². The lowest BCUT2D eigenvalue weighted by Crippen LogP contribution is -2.51. The molecule has 0 aliphatic heterocycles. The van der Waals surface area contributed by atoms with Gasteiger partial charge in [-0.25, -0.2) is 17.5 Å². The second-order valence-corrected chi connectivity index (χ2v) is 13.3. The molecule has 0 unspecified atom stereocenters. The number of anilines is 1. The SMILES string of the molecule is CCCCC(=O)N(Cc1ccc(F)cc1)[C@H](C(=O)NCc1ccc(-c2ccccc2S(=O)(=O)Nc2onc(C)c2C)cc1)C(C)C. The number of carbonyl (C=O) groups is 2. The lowest BCUT2D eigenvalue weighted by atomic mass is 9.99. The minimum Gasteiger partial charge on any atom is -0.350 e. The predicted octanol–water partition coefficient (Wildman–Crippen LogP) is 6.76. The molecule has 4 rings (SSSR count). The average molecular weight is 649 g/mol. The molecule has 46 heavy (non-hydrogen) atoms. The van der Waals surface area contributed by atoms with Gasteiger partial charge in [-0.05, 0) is 61.1 Å². The summed E-state index contributed by atoms with van der Waals surface area (Å²) >= 11 is 0. The van der Waals surface area contributed by atoms with Crippen LogP contribution in [0.5, 0.6) is 0 Å². The van der Waals surface area contributed by atoms with E-state index in [0.717, 1.165) is 17.5 Å². The fourth-order valence-electron chi connectivity index (χ4n) is 5.13. The van der Waals surface area contributed by atoms with Crippen LogP contribution in [-0.2, 0) is 32.7 Å². The van der Waals surface area contributed by atoms with Crippen LogP contribution in [0.15, 0.2) is 82.2 Å². The summed E-state index contributed by atoms with van der Waals surface area (Å²) in [6.07, 6.45) is 1.87. The van der Waals surface area contributed by atoms with Crippen molar-refractivity contribution in [1.82, 2.24) is 15.4 Å². The summed E-state index contributed by atoms with van der Waals surface area (Å²) < 4.78 is 47.8. The zero-order valence-electron chi connectivity index (χ0n) is 26.8. The first-order chi connectivity index (χ1) is 21.9. The largest absolute Gasteiger partial charge is 0.350 e. The highest BCUT2D eigenvalue weighted by molar-refractivity contribution is 7.92. The molecule has 0 saturated carbocycles. The Labute approximate surface area is 270 Å². The fourth-order valence-corrected chi connectivity index (χ4v) is 6.40. The minimum atomic E-state index is -3.99. The molecule has 0 bridgehead atoms. The van der Waals surface area contributed by atoms with Gasteiger partial charge in [0.1, 0.15) is 11.9 Å². The number of unbranched alkanes of at least 4 members (excludes halogenated alkanes) is 1. The van der Waals surface area contributed by atoms with Gasteiger partial charge in [0, 0.05) is 30.6 Å². The van der Waals surface area contributed by atoms with Gasteiger partial charge in [0.05, 0.1) is 10.6 Å². The molecule has 2 N–H and O–H groups in total. The standard InChI is InChI=1S/C35H41FN4O5S/c1-6-7-12-32(41)40(22-27-15-19-29(36)20-16-27)33(23(2)3)34(42)37-21-26-13-17-28(18-14-26)30-10-8-9-11-31(30)46(43,44)39-35-24(4)25(5)38-45-35/h8-11,13-20,23,33,39H,6-7,12,21-22H2,1-5H3,(H,37,42)/t33-/m0/s1.